The first-order chi connectivity index (χ1) is 10.0. The topological polar surface area (TPSA) is 68.8 Å². The van der Waals surface area contributed by atoms with Crippen molar-refractivity contribution >= 4 is 12.0 Å². The van der Waals surface area contributed by atoms with Gasteiger partial charge in [-0.15, -0.1) is 0 Å². The van der Waals surface area contributed by atoms with E-state index in [-0.39, 0.29) is 11.8 Å². The van der Waals surface area contributed by atoms with Crippen molar-refractivity contribution in [3.8, 4) is 0 Å². The van der Waals surface area contributed by atoms with Crippen LogP contribution in [0.4, 0.5) is 9.18 Å². The van der Waals surface area contributed by atoms with Gasteiger partial charge >= 0.3 is 6.03 Å². The van der Waals surface area contributed by atoms with E-state index in [1.807, 2.05) is 14.1 Å². The summed E-state index contributed by atoms with van der Waals surface area (Å²) < 4.78 is 12.9. The molecule has 7 heteroatoms. The van der Waals surface area contributed by atoms with E-state index in [4.69, 9.17) is 0 Å². The molecule has 1 aliphatic rings. The average molecular weight is 293 g/mol. The summed E-state index contributed by atoms with van der Waals surface area (Å²) in [7, 11) is 4.00. The van der Waals surface area contributed by atoms with Crippen LogP contribution in [0.3, 0.4) is 0 Å². The summed E-state index contributed by atoms with van der Waals surface area (Å²) in [5, 5.41) is 8.41. The SMILES string of the molecule is CN(C)CCCN=C1NC(=O)NC(c2ccc(F)cc2)N1. The predicted molar refractivity (Wildman–Crippen MR) is 79.4 cm³/mol. The van der Waals surface area contributed by atoms with E-state index >= 15 is 0 Å². The van der Waals surface area contributed by atoms with Gasteiger partial charge in [0.2, 0.25) is 5.96 Å². The van der Waals surface area contributed by atoms with Crippen LogP contribution in [0.2, 0.25) is 0 Å². The highest BCUT2D eigenvalue weighted by molar-refractivity contribution is 5.98. The first-order valence-corrected chi connectivity index (χ1v) is 6.83. The fourth-order valence-corrected chi connectivity index (χ4v) is 1.97. The van der Waals surface area contributed by atoms with Gasteiger partial charge in [-0.05, 0) is 44.8 Å². The number of urea groups is 1. The largest absolute Gasteiger partial charge is 0.332 e. The molecule has 1 saturated heterocycles. The van der Waals surface area contributed by atoms with Gasteiger partial charge in [0, 0.05) is 6.54 Å². The van der Waals surface area contributed by atoms with Crippen LogP contribution >= 0.6 is 0 Å². The van der Waals surface area contributed by atoms with Crippen LogP contribution in [0, 0.1) is 5.82 Å². The maximum absolute atomic E-state index is 12.9. The molecule has 114 valence electrons. The van der Waals surface area contributed by atoms with Gasteiger partial charge < -0.3 is 15.5 Å². The lowest BCUT2D eigenvalue weighted by atomic mass is 10.1. The van der Waals surface area contributed by atoms with Crippen molar-refractivity contribution < 1.29 is 9.18 Å². The second kappa shape index (κ2) is 7.03. The molecule has 0 bridgehead atoms. The highest BCUT2D eigenvalue weighted by atomic mass is 19.1. The maximum atomic E-state index is 12.9. The van der Waals surface area contributed by atoms with Crippen molar-refractivity contribution in [1.29, 1.82) is 0 Å². The molecule has 1 aromatic carbocycles. The molecule has 0 aliphatic carbocycles. The second-order valence-electron chi connectivity index (χ2n) is 5.11. The van der Waals surface area contributed by atoms with Crippen LogP contribution in [0.5, 0.6) is 0 Å². The number of rotatable bonds is 5. The van der Waals surface area contributed by atoms with Gasteiger partial charge in [0.1, 0.15) is 12.0 Å². The Hall–Kier alpha value is -2.15. The molecule has 3 N–H and O–H groups in total. The highest BCUT2D eigenvalue weighted by Gasteiger charge is 2.22. The zero-order valence-corrected chi connectivity index (χ0v) is 12.2. The molecule has 0 saturated carbocycles. The summed E-state index contributed by atoms with van der Waals surface area (Å²) in [4.78, 5) is 18.1. The number of hydrogen-bond donors (Lipinski definition) is 3. The van der Waals surface area contributed by atoms with Gasteiger partial charge in [0.05, 0.1) is 0 Å². The molecular formula is C14H20FN5O. The van der Waals surface area contributed by atoms with Crippen LogP contribution in [-0.2, 0) is 0 Å². The third-order valence-corrected chi connectivity index (χ3v) is 3.03. The van der Waals surface area contributed by atoms with Gasteiger partial charge in [-0.2, -0.15) is 0 Å². The number of guanidine groups is 1. The molecule has 1 unspecified atom stereocenters. The minimum Gasteiger partial charge on any atom is -0.332 e. The Kier molecular flexibility index (Phi) is 5.10. The van der Waals surface area contributed by atoms with Crippen molar-refractivity contribution in [3.05, 3.63) is 35.6 Å². The first kappa shape index (κ1) is 15.2. The van der Waals surface area contributed by atoms with E-state index in [2.05, 4.69) is 25.8 Å². The lowest BCUT2D eigenvalue weighted by Crippen LogP contribution is -2.57. The zero-order chi connectivity index (χ0) is 15.2. The minimum atomic E-state index is -0.410. The minimum absolute atomic E-state index is 0.309. The van der Waals surface area contributed by atoms with E-state index in [0.29, 0.717) is 12.5 Å². The van der Waals surface area contributed by atoms with Crippen molar-refractivity contribution in [2.45, 2.75) is 12.6 Å². The molecule has 2 amide bonds. The Morgan fingerprint density at radius 1 is 1.24 bits per heavy atom. The second-order valence-corrected chi connectivity index (χ2v) is 5.11. The molecule has 1 aromatic rings. The van der Waals surface area contributed by atoms with Crippen molar-refractivity contribution in [2.75, 3.05) is 27.2 Å². The number of aliphatic imine (C=N–C) groups is 1. The molecule has 21 heavy (non-hydrogen) atoms. The van der Waals surface area contributed by atoms with Crippen molar-refractivity contribution in [1.82, 2.24) is 20.9 Å². The third-order valence-electron chi connectivity index (χ3n) is 3.03. The van der Waals surface area contributed by atoms with Gasteiger partial charge in [-0.3, -0.25) is 10.3 Å². The molecule has 0 aromatic heterocycles. The van der Waals surface area contributed by atoms with Gasteiger partial charge in [-0.1, -0.05) is 12.1 Å². The fraction of sp³-hybridized carbons (Fsp3) is 0.429. The van der Waals surface area contributed by atoms with E-state index < -0.39 is 6.17 Å². The fourth-order valence-electron chi connectivity index (χ4n) is 1.97. The molecule has 0 radical (unpaired) electrons. The monoisotopic (exact) mass is 293 g/mol. The lowest BCUT2D eigenvalue weighted by Gasteiger charge is -2.28. The van der Waals surface area contributed by atoms with Crippen molar-refractivity contribution in [2.24, 2.45) is 4.99 Å². The smallest absolute Gasteiger partial charge is 0.323 e. The van der Waals surface area contributed by atoms with Gasteiger partial charge in [-0.25, -0.2) is 9.18 Å². The van der Waals surface area contributed by atoms with Gasteiger partial charge in [0.25, 0.3) is 0 Å². The number of amides is 2. The van der Waals surface area contributed by atoms with E-state index in [1.165, 1.54) is 12.1 Å². The maximum Gasteiger partial charge on any atom is 0.323 e. The summed E-state index contributed by atoms with van der Waals surface area (Å²) in [5.41, 5.74) is 0.771. The van der Waals surface area contributed by atoms with Gasteiger partial charge in [0.15, 0.2) is 0 Å². The number of hydrogen-bond acceptors (Lipinski definition) is 3. The Morgan fingerprint density at radius 2 is 1.95 bits per heavy atom. The Labute approximate surface area is 123 Å². The number of nitrogens with zero attached hydrogens (tertiary/aromatic N) is 2. The van der Waals surface area contributed by atoms with Crippen molar-refractivity contribution in [3.63, 3.8) is 0 Å². The van der Waals surface area contributed by atoms with Crippen LogP contribution in [-0.4, -0.2) is 44.1 Å². The van der Waals surface area contributed by atoms with E-state index in [0.717, 1.165) is 18.5 Å². The lowest BCUT2D eigenvalue weighted by molar-refractivity contribution is 0.236. The predicted octanol–water partition coefficient (Wildman–Crippen LogP) is 1.03. The summed E-state index contributed by atoms with van der Waals surface area (Å²) in [5.74, 6) is 0.128. The summed E-state index contributed by atoms with van der Waals surface area (Å²) in [6, 6.07) is 5.65. The normalized spacial score (nSPS) is 20.1. The quantitative estimate of drug-likeness (QED) is 0.710. The molecule has 1 aliphatic heterocycles. The zero-order valence-electron chi connectivity index (χ0n) is 12.2. The van der Waals surface area contributed by atoms with Crippen LogP contribution in [0.25, 0.3) is 0 Å². The van der Waals surface area contributed by atoms with Crippen LogP contribution in [0.1, 0.15) is 18.2 Å². The number of nitrogens with one attached hydrogen (secondary N) is 3. The van der Waals surface area contributed by atoms with E-state index in [1.54, 1.807) is 12.1 Å². The first-order valence-electron chi connectivity index (χ1n) is 6.83. The third kappa shape index (κ3) is 4.71. The summed E-state index contributed by atoms with van der Waals surface area (Å²) in [6.07, 6.45) is 0.495. The molecule has 6 nitrogen and oxygen atoms in total. The molecule has 0 spiro atoms. The molecule has 1 fully saturated rings. The number of carbonyl (C=O) groups excluding carboxylic acids is 1. The highest BCUT2D eigenvalue weighted by Crippen LogP contribution is 2.12. The average Bonchev–Trinajstić information content (AvgIpc) is 2.43. The molecule has 1 heterocycles. The Morgan fingerprint density at radius 3 is 2.62 bits per heavy atom. The molecule has 2 rings (SSSR count). The van der Waals surface area contributed by atoms with Crippen LogP contribution in [0.15, 0.2) is 29.3 Å². The van der Waals surface area contributed by atoms with Crippen LogP contribution < -0.4 is 16.0 Å². The Balaban J connectivity index is 1.97. The molecular weight excluding hydrogens is 273 g/mol. The van der Waals surface area contributed by atoms with E-state index in [9.17, 15) is 9.18 Å². The number of benzene rings is 1. The standard InChI is InChI=1S/C14H20FN5O/c1-20(2)9-3-8-16-13-17-12(18-14(21)19-13)10-4-6-11(15)7-5-10/h4-7,12H,3,8-9H2,1-2H3,(H3,16,17,18,19,21). The summed E-state index contributed by atoms with van der Waals surface area (Å²) in [6.45, 7) is 1.56. The Bertz CT molecular complexity index is 515. The molecule has 1 atom stereocenters. The number of carbonyl (C=O) groups is 1. The number of halogens is 1. The summed E-state index contributed by atoms with van der Waals surface area (Å²) >= 11 is 0.